The molecule has 1 aromatic rings. The maximum Gasteiger partial charge on any atom is 0.229 e. The predicted octanol–water partition coefficient (Wildman–Crippen LogP) is 2.16. The molecule has 1 saturated heterocycles. The number of hydrogen-bond donors (Lipinski definition) is 1. The van der Waals surface area contributed by atoms with Crippen LogP contribution in [0.3, 0.4) is 0 Å². The molecule has 0 aromatic carbocycles. The van der Waals surface area contributed by atoms with E-state index in [9.17, 15) is 0 Å². The summed E-state index contributed by atoms with van der Waals surface area (Å²) in [5, 5.41) is 7.63. The summed E-state index contributed by atoms with van der Waals surface area (Å²) in [4.78, 5) is 6.88. The van der Waals surface area contributed by atoms with Crippen LogP contribution in [0.2, 0.25) is 0 Å². The third-order valence-electron chi connectivity index (χ3n) is 3.67. The molecule has 2 rings (SSSR count). The number of nitrogens with one attached hydrogen (secondary N) is 1. The molecule has 2 heterocycles. The summed E-state index contributed by atoms with van der Waals surface area (Å²) in [6.45, 7) is 11.6. The summed E-state index contributed by atoms with van der Waals surface area (Å²) in [7, 11) is 0. The Morgan fingerprint density at radius 3 is 2.68 bits per heavy atom. The summed E-state index contributed by atoms with van der Waals surface area (Å²) in [5.74, 6) is 1.83. The standard InChI is InChI=1S/C14H26N4O/c1-10(2)14-16-13(17-19-14)9-18(11(3)4)8-12-6-5-7-15-12/h10-12,15H,5-9H2,1-4H3. The van der Waals surface area contributed by atoms with Crippen molar-refractivity contribution in [1.29, 1.82) is 0 Å². The Labute approximate surface area is 115 Å². The van der Waals surface area contributed by atoms with Gasteiger partial charge in [0.15, 0.2) is 5.82 Å². The Morgan fingerprint density at radius 1 is 1.37 bits per heavy atom. The van der Waals surface area contributed by atoms with Gasteiger partial charge in [0, 0.05) is 24.5 Å². The van der Waals surface area contributed by atoms with Gasteiger partial charge in [-0.05, 0) is 33.2 Å². The molecule has 0 aliphatic carbocycles. The highest BCUT2D eigenvalue weighted by molar-refractivity contribution is 4.92. The Bertz CT molecular complexity index is 383. The molecule has 1 aromatic heterocycles. The summed E-state index contributed by atoms with van der Waals surface area (Å²) >= 11 is 0. The van der Waals surface area contributed by atoms with E-state index >= 15 is 0 Å². The molecule has 1 unspecified atom stereocenters. The lowest BCUT2D eigenvalue weighted by Crippen LogP contribution is -2.41. The molecule has 0 saturated carbocycles. The molecule has 0 bridgehead atoms. The Kier molecular flexibility index (Phi) is 4.93. The van der Waals surface area contributed by atoms with E-state index in [1.54, 1.807) is 0 Å². The van der Waals surface area contributed by atoms with Crippen molar-refractivity contribution < 1.29 is 4.52 Å². The second kappa shape index (κ2) is 6.48. The van der Waals surface area contributed by atoms with Gasteiger partial charge in [0.1, 0.15) is 0 Å². The van der Waals surface area contributed by atoms with Crippen LogP contribution >= 0.6 is 0 Å². The van der Waals surface area contributed by atoms with Gasteiger partial charge in [-0.1, -0.05) is 19.0 Å². The van der Waals surface area contributed by atoms with Gasteiger partial charge in [-0.15, -0.1) is 0 Å². The number of nitrogens with zero attached hydrogens (tertiary/aromatic N) is 3. The molecule has 108 valence electrons. The first-order chi connectivity index (χ1) is 9.06. The van der Waals surface area contributed by atoms with Crippen molar-refractivity contribution in [1.82, 2.24) is 20.4 Å². The first-order valence-corrected chi connectivity index (χ1v) is 7.36. The molecule has 0 amide bonds. The largest absolute Gasteiger partial charge is 0.339 e. The minimum absolute atomic E-state index is 0.297. The second-order valence-corrected chi connectivity index (χ2v) is 6.02. The minimum atomic E-state index is 0.297. The molecule has 5 nitrogen and oxygen atoms in total. The maximum atomic E-state index is 5.27. The maximum absolute atomic E-state index is 5.27. The van der Waals surface area contributed by atoms with Crippen LogP contribution in [-0.4, -0.2) is 40.2 Å². The van der Waals surface area contributed by atoms with Crippen molar-refractivity contribution in [2.45, 2.75) is 65.1 Å². The summed E-state index contributed by atoms with van der Waals surface area (Å²) in [6, 6.07) is 1.10. The van der Waals surface area contributed by atoms with Gasteiger partial charge in [-0.3, -0.25) is 4.90 Å². The lowest BCUT2D eigenvalue weighted by molar-refractivity contribution is 0.187. The van der Waals surface area contributed by atoms with E-state index < -0.39 is 0 Å². The highest BCUT2D eigenvalue weighted by atomic mass is 16.5. The van der Waals surface area contributed by atoms with Gasteiger partial charge >= 0.3 is 0 Å². The topological polar surface area (TPSA) is 54.2 Å². The summed E-state index contributed by atoms with van der Waals surface area (Å²) in [6.07, 6.45) is 2.56. The zero-order valence-electron chi connectivity index (χ0n) is 12.5. The van der Waals surface area contributed by atoms with Gasteiger partial charge in [-0.2, -0.15) is 4.98 Å². The Morgan fingerprint density at radius 2 is 2.16 bits per heavy atom. The van der Waals surface area contributed by atoms with Gasteiger partial charge < -0.3 is 9.84 Å². The number of rotatable bonds is 6. The molecule has 1 aliphatic rings. The fourth-order valence-corrected chi connectivity index (χ4v) is 2.40. The average molecular weight is 266 g/mol. The van der Waals surface area contributed by atoms with Crippen LogP contribution in [0.5, 0.6) is 0 Å². The van der Waals surface area contributed by atoms with Gasteiger partial charge in [-0.25, -0.2) is 0 Å². The zero-order chi connectivity index (χ0) is 13.8. The molecule has 19 heavy (non-hydrogen) atoms. The lowest BCUT2D eigenvalue weighted by Gasteiger charge is -2.27. The van der Waals surface area contributed by atoms with Crippen LogP contribution in [0, 0.1) is 0 Å². The van der Waals surface area contributed by atoms with E-state index in [4.69, 9.17) is 4.52 Å². The Balaban J connectivity index is 1.94. The van der Waals surface area contributed by atoms with Crippen LogP contribution < -0.4 is 5.32 Å². The fraction of sp³-hybridized carbons (Fsp3) is 0.857. The van der Waals surface area contributed by atoms with Crippen LogP contribution in [0.4, 0.5) is 0 Å². The normalized spacial score (nSPS) is 20.1. The van der Waals surface area contributed by atoms with Crippen LogP contribution in [0.15, 0.2) is 4.52 Å². The van der Waals surface area contributed by atoms with E-state index in [-0.39, 0.29) is 0 Å². The van der Waals surface area contributed by atoms with E-state index in [0.29, 0.717) is 18.0 Å². The molecule has 0 radical (unpaired) electrons. The number of hydrogen-bond acceptors (Lipinski definition) is 5. The monoisotopic (exact) mass is 266 g/mol. The number of aromatic nitrogens is 2. The van der Waals surface area contributed by atoms with Crippen LogP contribution in [0.1, 0.15) is 58.2 Å². The van der Waals surface area contributed by atoms with Gasteiger partial charge in [0.25, 0.3) is 0 Å². The minimum Gasteiger partial charge on any atom is -0.339 e. The van der Waals surface area contributed by atoms with E-state index in [1.165, 1.54) is 12.8 Å². The van der Waals surface area contributed by atoms with E-state index in [1.807, 2.05) is 0 Å². The second-order valence-electron chi connectivity index (χ2n) is 6.02. The van der Waals surface area contributed by atoms with Gasteiger partial charge in [0.05, 0.1) is 6.54 Å². The van der Waals surface area contributed by atoms with E-state index in [2.05, 4.69) is 48.1 Å². The molecule has 0 spiro atoms. The highest BCUT2D eigenvalue weighted by Gasteiger charge is 2.21. The fourth-order valence-electron chi connectivity index (χ4n) is 2.40. The lowest BCUT2D eigenvalue weighted by atomic mass is 10.2. The third-order valence-corrected chi connectivity index (χ3v) is 3.67. The molecule has 1 N–H and O–H groups in total. The third kappa shape index (κ3) is 4.01. The average Bonchev–Trinajstić information content (AvgIpc) is 2.98. The predicted molar refractivity (Wildman–Crippen MR) is 75.0 cm³/mol. The smallest absolute Gasteiger partial charge is 0.229 e. The van der Waals surface area contributed by atoms with E-state index in [0.717, 1.165) is 31.3 Å². The molecule has 5 heteroatoms. The first kappa shape index (κ1) is 14.5. The highest BCUT2D eigenvalue weighted by Crippen LogP contribution is 2.14. The molecule has 1 fully saturated rings. The quantitative estimate of drug-likeness (QED) is 0.855. The van der Waals surface area contributed by atoms with Crippen molar-refractivity contribution in [3.05, 3.63) is 11.7 Å². The zero-order valence-corrected chi connectivity index (χ0v) is 12.5. The molecule has 1 atom stereocenters. The van der Waals surface area contributed by atoms with Crippen LogP contribution in [-0.2, 0) is 6.54 Å². The Hall–Kier alpha value is -0.940. The molecular formula is C14H26N4O. The van der Waals surface area contributed by atoms with Crippen molar-refractivity contribution in [3.63, 3.8) is 0 Å². The van der Waals surface area contributed by atoms with Crippen molar-refractivity contribution in [2.24, 2.45) is 0 Å². The summed E-state index contributed by atoms with van der Waals surface area (Å²) < 4.78 is 5.27. The molecular weight excluding hydrogens is 240 g/mol. The molecule has 1 aliphatic heterocycles. The SMILES string of the molecule is CC(C)c1nc(CN(CC2CCCN2)C(C)C)no1. The van der Waals surface area contributed by atoms with Gasteiger partial charge in [0.2, 0.25) is 5.89 Å². The first-order valence-electron chi connectivity index (χ1n) is 7.36. The van der Waals surface area contributed by atoms with Crippen molar-refractivity contribution >= 4 is 0 Å². The summed E-state index contributed by atoms with van der Waals surface area (Å²) in [5.41, 5.74) is 0. The van der Waals surface area contributed by atoms with Crippen molar-refractivity contribution in [2.75, 3.05) is 13.1 Å². The van der Waals surface area contributed by atoms with Crippen LogP contribution in [0.25, 0.3) is 0 Å². The van der Waals surface area contributed by atoms with Crippen molar-refractivity contribution in [3.8, 4) is 0 Å².